The van der Waals surface area contributed by atoms with E-state index in [1.165, 1.54) is 0 Å². The van der Waals surface area contributed by atoms with E-state index in [9.17, 15) is 0 Å². The van der Waals surface area contributed by atoms with Gasteiger partial charge in [0.15, 0.2) is 5.21 Å². The third-order valence-electron chi connectivity index (χ3n) is 1.24. The predicted octanol–water partition coefficient (Wildman–Crippen LogP) is -0.931. The van der Waals surface area contributed by atoms with Gasteiger partial charge in [-0.2, -0.15) is 17.3 Å². The Morgan fingerprint density at radius 1 is 1.78 bits per heavy atom. The second-order valence-electron chi connectivity index (χ2n) is 1.78. The van der Waals surface area contributed by atoms with Gasteiger partial charge in [0.05, 0.1) is 19.8 Å². The van der Waals surface area contributed by atoms with E-state index in [2.05, 4.69) is 22.9 Å². The van der Waals surface area contributed by atoms with Crippen LogP contribution in [0.3, 0.4) is 0 Å². The maximum Gasteiger partial charge on any atom is 0.310 e. The molecular weight excluding hydrogens is 136 g/mol. The molecule has 1 heterocycles. The molecule has 0 aromatic carbocycles. The molecule has 0 bridgehead atoms. The zero-order valence-electron chi connectivity index (χ0n) is 5.44. The van der Waals surface area contributed by atoms with Crippen LogP contribution in [0.4, 0.5) is 0 Å². The molecule has 1 aromatic rings. The van der Waals surface area contributed by atoms with Gasteiger partial charge in [-0.25, -0.2) is 0 Å². The molecule has 1 rings (SSSR count). The van der Waals surface area contributed by atoms with Gasteiger partial charge in [0.2, 0.25) is 0 Å². The second-order valence-corrected chi connectivity index (χ2v) is 2.09. The molecule has 0 radical (unpaired) electrons. The van der Waals surface area contributed by atoms with Crippen molar-refractivity contribution in [1.82, 2.24) is 15.1 Å². The third-order valence-corrected chi connectivity index (χ3v) is 1.52. The molecule has 1 aromatic heterocycles. The number of rotatable bonds is 1. The summed E-state index contributed by atoms with van der Waals surface area (Å²) in [4.78, 5) is 1.66. The average Bonchev–Trinajstić information content (AvgIpc) is 2.15. The van der Waals surface area contributed by atoms with Gasteiger partial charge in [-0.05, 0) is 0 Å². The predicted molar refractivity (Wildman–Crippen MR) is 34.9 cm³/mol. The lowest BCUT2D eigenvalue weighted by Crippen LogP contribution is -2.40. The van der Waals surface area contributed by atoms with Gasteiger partial charge in [0, 0.05) is 0 Å². The first-order chi connectivity index (χ1) is 4.25. The zero-order valence-corrected chi connectivity index (χ0v) is 6.34. The highest BCUT2D eigenvalue weighted by atomic mass is 32.1. The smallest absolute Gasteiger partial charge is 0.168 e. The average molecular weight is 145 g/mol. The molecule has 0 saturated heterocycles. The van der Waals surface area contributed by atoms with Crippen molar-refractivity contribution in [2.45, 2.75) is 5.75 Å². The molecule has 50 valence electrons. The van der Waals surface area contributed by atoms with Gasteiger partial charge in [-0.15, -0.1) is 0 Å². The van der Waals surface area contributed by atoms with E-state index < -0.39 is 0 Å². The number of nitrogens with zero attached hydrogens (tertiary/aromatic N) is 4. The quantitative estimate of drug-likeness (QED) is 0.409. The third kappa shape index (κ3) is 1.05. The first-order valence-electron chi connectivity index (χ1n) is 2.61. The van der Waals surface area contributed by atoms with Crippen molar-refractivity contribution in [2.75, 3.05) is 0 Å². The fourth-order valence-corrected chi connectivity index (χ4v) is 0.810. The van der Waals surface area contributed by atoms with E-state index in [4.69, 9.17) is 0 Å². The molecule has 0 N–H and O–H groups in total. The maximum atomic E-state index is 4.06. The highest BCUT2D eigenvalue weighted by Crippen LogP contribution is 1.86. The lowest BCUT2D eigenvalue weighted by atomic mass is 10.7. The summed E-state index contributed by atoms with van der Waals surface area (Å²) in [6.45, 7) is 0. The molecule has 5 heteroatoms. The van der Waals surface area contributed by atoms with Crippen LogP contribution in [0, 0.1) is 0 Å². The number of tetrazole rings is 1. The van der Waals surface area contributed by atoms with E-state index in [0.717, 1.165) is 5.82 Å². The summed E-state index contributed by atoms with van der Waals surface area (Å²) >= 11 is 4.06. The van der Waals surface area contributed by atoms with Gasteiger partial charge < -0.3 is 0 Å². The summed E-state index contributed by atoms with van der Waals surface area (Å²) in [5.41, 5.74) is 0. The normalized spacial score (nSPS) is 10.1. The standard InChI is InChI=1S/C4H8N4S/c1-7-4(3-9)5-6-8(7)2/h3H2,1-2H3/p+1. The Labute approximate surface area is 58.9 Å². The SMILES string of the molecule is Cn1nnc(CS)[n+]1C. The maximum absolute atomic E-state index is 4.06. The molecule has 0 aliphatic rings. The summed E-state index contributed by atoms with van der Waals surface area (Å²) in [5, 5.41) is 7.60. The molecule has 0 amide bonds. The Kier molecular flexibility index (Phi) is 1.70. The van der Waals surface area contributed by atoms with Crippen LogP contribution in [0.25, 0.3) is 0 Å². The summed E-state index contributed by atoms with van der Waals surface area (Å²) in [5.74, 6) is 1.51. The molecule has 0 atom stereocenters. The van der Waals surface area contributed by atoms with E-state index in [-0.39, 0.29) is 0 Å². The highest BCUT2D eigenvalue weighted by Gasteiger charge is 2.10. The van der Waals surface area contributed by atoms with Gasteiger partial charge >= 0.3 is 5.82 Å². The number of aryl methyl sites for hydroxylation is 1. The van der Waals surface area contributed by atoms with Crippen LogP contribution in [0.15, 0.2) is 0 Å². The Hall–Kier alpha value is -0.580. The lowest BCUT2D eigenvalue weighted by molar-refractivity contribution is -0.762. The number of thiol groups is 1. The molecule has 0 aliphatic carbocycles. The molecular formula is C4H9N4S+. The second kappa shape index (κ2) is 2.34. The van der Waals surface area contributed by atoms with Crippen molar-refractivity contribution in [1.29, 1.82) is 0 Å². The van der Waals surface area contributed by atoms with E-state index >= 15 is 0 Å². The summed E-state index contributed by atoms with van der Waals surface area (Å²) in [6, 6.07) is 0. The van der Waals surface area contributed by atoms with Gasteiger partial charge in [-0.3, -0.25) is 0 Å². The molecule has 4 nitrogen and oxygen atoms in total. The van der Waals surface area contributed by atoms with Crippen LogP contribution in [-0.2, 0) is 19.8 Å². The van der Waals surface area contributed by atoms with Crippen LogP contribution >= 0.6 is 12.6 Å². The van der Waals surface area contributed by atoms with E-state index in [1.807, 2.05) is 18.8 Å². The number of hydrogen-bond donors (Lipinski definition) is 1. The highest BCUT2D eigenvalue weighted by molar-refractivity contribution is 7.79. The molecule has 9 heavy (non-hydrogen) atoms. The minimum absolute atomic E-state index is 0.629. The Morgan fingerprint density at radius 2 is 2.44 bits per heavy atom. The minimum Gasteiger partial charge on any atom is -0.168 e. The van der Waals surface area contributed by atoms with Gasteiger partial charge in [0.1, 0.15) is 5.10 Å². The van der Waals surface area contributed by atoms with Crippen molar-refractivity contribution >= 4 is 12.6 Å². The summed E-state index contributed by atoms with van der Waals surface area (Å²) < 4.78 is 1.84. The molecule has 0 unspecified atom stereocenters. The van der Waals surface area contributed by atoms with Crippen LogP contribution < -0.4 is 4.68 Å². The topological polar surface area (TPSA) is 34.6 Å². The van der Waals surface area contributed by atoms with Gasteiger partial charge in [-0.1, -0.05) is 4.80 Å². The Balaban J connectivity index is 3.04. The van der Waals surface area contributed by atoms with E-state index in [1.54, 1.807) is 4.80 Å². The molecule has 0 saturated carbocycles. The lowest BCUT2D eigenvalue weighted by Gasteiger charge is -1.86. The summed E-state index contributed by atoms with van der Waals surface area (Å²) in [6.07, 6.45) is 0. The van der Waals surface area contributed by atoms with Crippen LogP contribution in [-0.4, -0.2) is 15.1 Å². The van der Waals surface area contributed by atoms with Crippen molar-refractivity contribution in [3.05, 3.63) is 5.82 Å². The van der Waals surface area contributed by atoms with Crippen molar-refractivity contribution in [3.8, 4) is 0 Å². The van der Waals surface area contributed by atoms with Crippen molar-refractivity contribution < 1.29 is 4.68 Å². The Morgan fingerprint density at radius 3 is 2.67 bits per heavy atom. The van der Waals surface area contributed by atoms with Gasteiger partial charge in [0.25, 0.3) is 0 Å². The fourth-order valence-electron chi connectivity index (χ4n) is 0.542. The first kappa shape index (κ1) is 6.54. The zero-order chi connectivity index (χ0) is 6.85. The molecule has 0 spiro atoms. The number of aromatic nitrogens is 4. The monoisotopic (exact) mass is 145 g/mol. The fraction of sp³-hybridized carbons (Fsp3) is 0.750. The number of hydrogen-bond acceptors (Lipinski definition) is 3. The molecule has 0 fully saturated rings. The van der Waals surface area contributed by atoms with E-state index in [0.29, 0.717) is 5.75 Å². The van der Waals surface area contributed by atoms with Crippen LogP contribution in [0.2, 0.25) is 0 Å². The minimum atomic E-state index is 0.629. The van der Waals surface area contributed by atoms with Crippen LogP contribution in [0.1, 0.15) is 5.82 Å². The first-order valence-corrected chi connectivity index (χ1v) is 3.24. The summed E-state index contributed by atoms with van der Waals surface area (Å²) in [7, 11) is 3.73. The largest absolute Gasteiger partial charge is 0.310 e. The van der Waals surface area contributed by atoms with Crippen LogP contribution in [0.5, 0.6) is 0 Å². The van der Waals surface area contributed by atoms with Crippen molar-refractivity contribution in [3.63, 3.8) is 0 Å². The van der Waals surface area contributed by atoms with Crippen molar-refractivity contribution in [2.24, 2.45) is 14.1 Å². The Bertz CT molecular complexity index is 206. The molecule has 0 aliphatic heterocycles.